The SMILES string of the molecule is CC(C)N1CCC(c2ncc3cccc(Cl)n23)CC1. The summed E-state index contributed by atoms with van der Waals surface area (Å²) in [5.74, 6) is 1.65. The Balaban J connectivity index is 1.86. The van der Waals surface area contributed by atoms with Crippen LogP contribution in [0, 0.1) is 0 Å². The van der Waals surface area contributed by atoms with Crippen LogP contribution in [0.15, 0.2) is 24.4 Å². The summed E-state index contributed by atoms with van der Waals surface area (Å²) in [6.07, 6.45) is 4.26. The lowest BCUT2D eigenvalue weighted by atomic mass is 9.95. The van der Waals surface area contributed by atoms with Gasteiger partial charge in [-0.15, -0.1) is 0 Å². The fourth-order valence-corrected chi connectivity index (χ4v) is 3.25. The molecule has 1 saturated heterocycles. The predicted octanol–water partition coefficient (Wildman–Crippen LogP) is 3.58. The van der Waals surface area contributed by atoms with Crippen LogP contribution in [-0.2, 0) is 0 Å². The van der Waals surface area contributed by atoms with Gasteiger partial charge in [0, 0.05) is 12.0 Å². The minimum absolute atomic E-state index is 0.525. The molecule has 2 aromatic heterocycles. The molecule has 0 spiro atoms. The molecule has 19 heavy (non-hydrogen) atoms. The van der Waals surface area contributed by atoms with Gasteiger partial charge in [0.2, 0.25) is 0 Å². The van der Waals surface area contributed by atoms with Gasteiger partial charge >= 0.3 is 0 Å². The van der Waals surface area contributed by atoms with Crippen LogP contribution in [-0.4, -0.2) is 33.4 Å². The fraction of sp³-hybridized carbons (Fsp3) is 0.533. The molecule has 3 rings (SSSR count). The molecular weight excluding hydrogens is 258 g/mol. The lowest BCUT2D eigenvalue weighted by Gasteiger charge is -2.34. The summed E-state index contributed by atoms with van der Waals surface area (Å²) in [5, 5.41) is 0.760. The van der Waals surface area contributed by atoms with Crippen molar-refractivity contribution in [2.24, 2.45) is 0 Å². The second-order valence-electron chi connectivity index (χ2n) is 5.63. The second kappa shape index (κ2) is 5.14. The number of aromatic nitrogens is 2. The molecule has 0 aromatic carbocycles. The summed E-state index contributed by atoms with van der Waals surface area (Å²) in [6, 6.07) is 6.61. The first-order chi connectivity index (χ1) is 9.16. The fourth-order valence-electron chi connectivity index (χ4n) is 2.99. The Morgan fingerprint density at radius 3 is 2.68 bits per heavy atom. The summed E-state index contributed by atoms with van der Waals surface area (Å²) < 4.78 is 2.09. The van der Waals surface area contributed by atoms with Crippen LogP contribution >= 0.6 is 11.6 Å². The zero-order valence-corrected chi connectivity index (χ0v) is 12.3. The minimum Gasteiger partial charge on any atom is -0.301 e. The lowest BCUT2D eigenvalue weighted by molar-refractivity contribution is 0.169. The molecular formula is C15H20ClN3. The Kier molecular flexibility index (Phi) is 3.50. The Hall–Kier alpha value is -1.06. The second-order valence-corrected chi connectivity index (χ2v) is 6.02. The molecule has 102 valence electrons. The summed E-state index contributed by atoms with van der Waals surface area (Å²) in [5.41, 5.74) is 1.09. The highest BCUT2D eigenvalue weighted by Crippen LogP contribution is 2.30. The number of nitrogens with zero attached hydrogens (tertiary/aromatic N) is 3. The molecule has 2 aromatic rings. The molecule has 3 nitrogen and oxygen atoms in total. The molecule has 0 bridgehead atoms. The Labute approximate surface area is 119 Å². The third-order valence-electron chi connectivity index (χ3n) is 4.16. The highest BCUT2D eigenvalue weighted by molar-refractivity contribution is 6.29. The predicted molar refractivity (Wildman–Crippen MR) is 78.9 cm³/mol. The number of halogens is 1. The van der Waals surface area contributed by atoms with Crippen molar-refractivity contribution in [2.45, 2.75) is 38.6 Å². The molecule has 0 radical (unpaired) electrons. The Bertz CT molecular complexity index is 568. The molecule has 0 N–H and O–H groups in total. The van der Waals surface area contributed by atoms with Crippen LogP contribution in [0.25, 0.3) is 5.52 Å². The van der Waals surface area contributed by atoms with Crippen molar-refractivity contribution in [3.05, 3.63) is 35.4 Å². The molecule has 1 aliphatic heterocycles. The highest BCUT2D eigenvalue weighted by atomic mass is 35.5. The third kappa shape index (κ3) is 2.37. The number of fused-ring (bicyclic) bond motifs is 1. The lowest BCUT2D eigenvalue weighted by Crippen LogP contribution is -2.38. The summed E-state index contributed by atoms with van der Waals surface area (Å²) in [6.45, 7) is 6.84. The first-order valence-corrected chi connectivity index (χ1v) is 7.40. The summed E-state index contributed by atoms with van der Waals surface area (Å²) in [4.78, 5) is 7.15. The molecule has 4 heteroatoms. The van der Waals surface area contributed by atoms with Gasteiger partial charge in [-0.3, -0.25) is 4.40 Å². The maximum absolute atomic E-state index is 6.31. The van der Waals surface area contributed by atoms with Crippen molar-refractivity contribution in [3.8, 4) is 0 Å². The topological polar surface area (TPSA) is 20.5 Å². The maximum atomic E-state index is 6.31. The standard InChI is InChI=1S/C15H20ClN3/c1-11(2)18-8-6-12(7-9-18)15-17-10-13-4-3-5-14(16)19(13)15/h3-5,10-12H,6-9H2,1-2H3. The number of pyridine rings is 1. The number of hydrogen-bond acceptors (Lipinski definition) is 2. The first-order valence-electron chi connectivity index (χ1n) is 7.02. The van der Waals surface area contributed by atoms with Crippen LogP contribution < -0.4 is 0 Å². The number of imidazole rings is 1. The Morgan fingerprint density at radius 1 is 1.26 bits per heavy atom. The van der Waals surface area contributed by atoms with E-state index in [2.05, 4.69) is 34.2 Å². The molecule has 0 aliphatic carbocycles. The number of hydrogen-bond donors (Lipinski definition) is 0. The molecule has 0 amide bonds. The Morgan fingerprint density at radius 2 is 2.00 bits per heavy atom. The molecule has 0 saturated carbocycles. The van der Waals surface area contributed by atoms with Gasteiger partial charge in [-0.1, -0.05) is 17.7 Å². The number of likely N-dealkylation sites (tertiary alicyclic amines) is 1. The number of rotatable bonds is 2. The van der Waals surface area contributed by atoms with Gasteiger partial charge in [0.1, 0.15) is 11.0 Å². The zero-order chi connectivity index (χ0) is 13.4. The largest absolute Gasteiger partial charge is 0.301 e. The van der Waals surface area contributed by atoms with E-state index in [0.29, 0.717) is 12.0 Å². The van der Waals surface area contributed by atoms with Gasteiger partial charge < -0.3 is 4.90 Å². The maximum Gasteiger partial charge on any atom is 0.117 e. The average Bonchev–Trinajstić information content (AvgIpc) is 2.84. The van der Waals surface area contributed by atoms with E-state index in [0.717, 1.165) is 29.6 Å². The molecule has 0 atom stereocenters. The smallest absolute Gasteiger partial charge is 0.117 e. The van der Waals surface area contributed by atoms with Crippen molar-refractivity contribution in [2.75, 3.05) is 13.1 Å². The van der Waals surface area contributed by atoms with Gasteiger partial charge in [0.15, 0.2) is 0 Å². The molecule has 0 unspecified atom stereocenters. The van der Waals surface area contributed by atoms with E-state index in [4.69, 9.17) is 11.6 Å². The normalized spacial score (nSPS) is 18.5. The van der Waals surface area contributed by atoms with Crippen LogP contribution in [0.1, 0.15) is 38.4 Å². The highest BCUT2D eigenvalue weighted by Gasteiger charge is 2.25. The van der Waals surface area contributed by atoms with E-state index < -0.39 is 0 Å². The van der Waals surface area contributed by atoms with E-state index in [9.17, 15) is 0 Å². The van der Waals surface area contributed by atoms with Crippen molar-refractivity contribution in [1.29, 1.82) is 0 Å². The summed E-state index contributed by atoms with van der Waals surface area (Å²) in [7, 11) is 0. The first kappa shape index (κ1) is 12.9. The van der Waals surface area contributed by atoms with Gasteiger partial charge in [-0.25, -0.2) is 4.98 Å². The molecule has 3 heterocycles. The quantitative estimate of drug-likeness (QED) is 0.782. The summed E-state index contributed by atoms with van der Waals surface area (Å²) >= 11 is 6.31. The van der Waals surface area contributed by atoms with Gasteiger partial charge in [-0.2, -0.15) is 0 Å². The van der Waals surface area contributed by atoms with Crippen molar-refractivity contribution in [1.82, 2.24) is 14.3 Å². The molecule has 1 aliphatic rings. The average molecular weight is 278 g/mol. The van der Waals surface area contributed by atoms with Crippen LogP contribution in [0.5, 0.6) is 0 Å². The van der Waals surface area contributed by atoms with E-state index >= 15 is 0 Å². The van der Waals surface area contributed by atoms with Gasteiger partial charge in [0.25, 0.3) is 0 Å². The van der Waals surface area contributed by atoms with Crippen LogP contribution in [0.4, 0.5) is 0 Å². The van der Waals surface area contributed by atoms with E-state index in [1.165, 1.54) is 12.8 Å². The van der Waals surface area contributed by atoms with Gasteiger partial charge in [0.05, 0.1) is 11.7 Å². The van der Waals surface area contributed by atoms with E-state index in [-0.39, 0.29) is 0 Å². The molecule has 1 fully saturated rings. The van der Waals surface area contributed by atoms with Gasteiger partial charge in [-0.05, 0) is 51.9 Å². The van der Waals surface area contributed by atoms with Crippen molar-refractivity contribution < 1.29 is 0 Å². The van der Waals surface area contributed by atoms with E-state index in [1.807, 2.05) is 18.3 Å². The number of piperidine rings is 1. The van der Waals surface area contributed by atoms with Crippen molar-refractivity contribution >= 4 is 17.1 Å². The third-order valence-corrected chi connectivity index (χ3v) is 4.45. The zero-order valence-electron chi connectivity index (χ0n) is 11.5. The van der Waals surface area contributed by atoms with Crippen LogP contribution in [0.2, 0.25) is 5.15 Å². The van der Waals surface area contributed by atoms with E-state index in [1.54, 1.807) is 0 Å². The van der Waals surface area contributed by atoms with Crippen molar-refractivity contribution in [3.63, 3.8) is 0 Å². The van der Waals surface area contributed by atoms with Crippen LogP contribution in [0.3, 0.4) is 0 Å². The minimum atomic E-state index is 0.525. The monoisotopic (exact) mass is 277 g/mol.